The number of para-hydroxylation sites is 1. The molecule has 5 rings (SSSR count). The fourth-order valence-corrected chi connectivity index (χ4v) is 5.69. The van der Waals surface area contributed by atoms with Gasteiger partial charge in [0.15, 0.2) is 23.6 Å². The molecule has 0 spiro atoms. The van der Waals surface area contributed by atoms with Gasteiger partial charge in [-0.25, -0.2) is 15.0 Å². The van der Waals surface area contributed by atoms with Crippen molar-refractivity contribution in [2.75, 3.05) is 7.05 Å². The number of nitrogens with one attached hydrogen (secondary N) is 1. The standard InChI is InChI=1S/C27H31ClN3O4/c1-17-27(32)31(2,33)26(19-9-4-3-5-10-19)21-14-25(35-30-17)24(15-22(21)28)34-16-20-13-12-18-8-6-7-11-23(18)29-20/h6-8,11-15,17,19,26,30,33H,3-5,9-10,16H2,1-2H3/q+1. The molecule has 2 aromatic carbocycles. The number of rotatable bonds is 4. The van der Waals surface area contributed by atoms with E-state index in [4.69, 9.17) is 21.2 Å². The zero-order valence-corrected chi connectivity index (χ0v) is 20.8. The van der Waals surface area contributed by atoms with Gasteiger partial charge in [-0.2, -0.15) is 0 Å². The van der Waals surface area contributed by atoms with Gasteiger partial charge in [0.25, 0.3) is 0 Å². The lowest BCUT2D eigenvalue weighted by atomic mass is 9.80. The first-order valence-corrected chi connectivity index (χ1v) is 12.6. The van der Waals surface area contributed by atoms with E-state index < -0.39 is 16.7 Å². The largest absolute Gasteiger partial charge is 0.483 e. The van der Waals surface area contributed by atoms with E-state index in [9.17, 15) is 10.0 Å². The van der Waals surface area contributed by atoms with Crippen LogP contribution < -0.4 is 15.1 Å². The molecule has 0 saturated heterocycles. The van der Waals surface area contributed by atoms with Gasteiger partial charge in [0.1, 0.15) is 13.7 Å². The fourth-order valence-electron chi connectivity index (χ4n) is 5.43. The van der Waals surface area contributed by atoms with Gasteiger partial charge in [-0.1, -0.05) is 55.1 Å². The molecule has 3 unspecified atom stereocenters. The number of nitrogens with zero attached hydrogens (tertiary/aromatic N) is 2. The number of hydrogen-bond donors (Lipinski definition) is 2. The van der Waals surface area contributed by atoms with Crippen molar-refractivity contribution in [3.63, 3.8) is 0 Å². The van der Waals surface area contributed by atoms with Crippen molar-refractivity contribution in [1.82, 2.24) is 10.5 Å². The lowest BCUT2D eigenvalue weighted by Gasteiger charge is -2.39. The molecule has 3 aromatic rings. The Hall–Kier alpha value is -2.71. The van der Waals surface area contributed by atoms with Crippen LogP contribution in [0.2, 0.25) is 5.02 Å². The van der Waals surface area contributed by atoms with Gasteiger partial charge in [0.05, 0.1) is 16.2 Å². The minimum absolute atomic E-state index is 0.131. The molecule has 2 heterocycles. The van der Waals surface area contributed by atoms with Crippen molar-refractivity contribution in [3.8, 4) is 11.5 Å². The zero-order valence-electron chi connectivity index (χ0n) is 20.0. The minimum atomic E-state index is -0.775. The van der Waals surface area contributed by atoms with Gasteiger partial charge in [-0.05, 0) is 38.0 Å². The highest BCUT2D eigenvalue weighted by molar-refractivity contribution is 6.31. The Morgan fingerprint density at radius 2 is 1.94 bits per heavy atom. The number of benzene rings is 2. The van der Waals surface area contributed by atoms with E-state index in [1.54, 1.807) is 26.1 Å². The Morgan fingerprint density at radius 3 is 2.74 bits per heavy atom. The third-order valence-corrected chi connectivity index (χ3v) is 7.54. The summed E-state index contributed by atoms with van der Waals surface area (Å²) in [5.41, 5.74) is 5.14. The molecule has 7 nitrogen and oxygen atoms in total. The smallest absolute Gasteiger partial charge is 0.365 e. The van der Waals surface area contributed by atoms with Crippen LogP contribution in [-0.4, -0.2) is 33.8 Å². The maximum absolute atomic E-state index is 13.3. The molecular weight excluding hydrogens is 466 g/mol. The lowest BCUT2D eigenvalue weighted by Crippen LogP contribution is -2.57. The summed E-state index contributed by atoms with van der Waals surface area (Å²) in [6.45, 7) is 1.91. The molecule has 1 saturated carbocycles. The lowest BCUT2D eigenvalue weighted by molar-refractivity contribution is -1.05. The second-order valence-corrected chi connectivity index (χ2v) is 10.2. The monoisotopic (exact) mass is 496 g/mol. The van der Waals surface area contributed by atoms with Crippen molar-refractivity contribution in [2.45, 2.75) is 57.7 Å². The third kappa shape index (κ3) is 4.74. The highest BCUT2D eigenvalue weighted by atomic mass is 35.5. The van der Waals surface area contributed by atoms with Crippen LogP contribution in [-0.2, 0) is 11.4 Å². The third-order valence-electron chi connectivity index (χ3n) is 7.21. The van der Waals surface area contributed by atoms with Crippen molar-refractivity contribution in [2.24, 2.45) is 5.92 Å². The number of hydroxylamine groups is 4. The molecular formula is C27H31ClN3O4+. The van der Waals surface area contributed by atoms with Gasteiger partial charge in [-0.3, -0.25) is 0 Å². The number of carbonyl (C=O) groups excluding carboxylic acids is 1. The number of fused-ring (bicyclic) bond motifs is 3. The van der Waals surface area contributed by atoms with E-state index in [1.165, 1.54) is 6.42 Å². The highest BCUT2D eigenvalue weighted by Gasteiger charge is 2.49. The maximum atomic E-state index is 13.3. The molecule has 35 heavy (non-hydrogen) atoms. The molecule has 1 amide bonds. The SMILES string of the molecule is CC1NOc2cc(c(Cl)cc2OCc2ccc3ccccc3n2)C(C2CCCCC2)[N+](C)(O)C1=O. The molecule has 3 atom stereocenters. The normalized spacial score (nSPS) is 25.4. The maximum Gasteiger partial charge on any atom is 0.365 e. The minimum Gasteiger partial charge on any atom is -0.483 e. The zero-order chi connectivity index (χ0) is 24.6. The molecule has 2 aliphatic rings. The first kappa shape index (κ1) is 24.0. The first-order chi connectivity index (χ1) is 16.8. The average Bonchev–Trinajstić information content (AvgIpc) is 2.90. The number of likely N-dealkylation sites (N-methyl/N-ethyl adjacent to an activating group) is 1. The summed E-state index contributed by atoms with van der Waals surface area (Å²) in [4.78, 5) is 23.8. The average molecular weight is 497 g/mol. The quantitative estimate of drug-likeness (QED) is 0.354. The van der Waals surface area contributed by atoms with Crippen LogP contribution in [0.4, 0.5) is 0 Å². The van der Waals surface area contributed by atoms with Crippen LogP contribution in [0.5, 0.6) is 11.5 Å². The van der Waals surface area contributed by atoms with Crippen LogP contribution >= 0.6 is 11.6 Å². The van der Waals surface area contributed by atoms with Crippen molar-refractivity contribution in [1.29, 1.82) is 0 Å². The molecule has 1 aliphatic heterocycles. The van der Waals surface area contributed by atoms with E-state index in [1.807, 2.05) is 36.4 Å². The Morgan fingerprint density at radius 1 is 1.17 bits per heavy atom. The Labute approximate surface area is 210 Å². The molecule has 184 valence electrons. The summed E-state index contributed by atoms with van der Waals surface area (Å²) < 4.78 is 5.32. The molecule has 8 heteroatoms. The number of aromatic nitrogens is 1. The Kier molecular flexibility index (Phi) is 6.68. The molecule has 1 fully saturated rings. The van der Waals surface area contributed by atoms with E-state index >= 15 is 0 Å². The van der Waals surface area contributed by atoms with Crippen molar-refractivity contribution < 1.29 is 24.2 Å². The van der Waals surface area contributed by atoms with E-state index in [0.717, 1.165) is 42.3 Å². The summed E-state index contributed by atoms with van der Waals surface area (Å²) in [5, 5.41) is 13.0. The van der Waals surface area contributed by atoms with Crippen LogP contribution in [0, 0.1) is 5.92 Å². The first-order valence-electron chi connectivity index (χ1n) is 12.2. The van der Waals surface area contributed by atoms with Gasteiger partial charge < -0.3 is 9.57 Å². The number of carbonyl (C=O) groups is 1. The predicted octanol–water partition coefficient (Wildman–Crippen LogP) is 5.74. The molecule has 2 bridgehead atoms. The number of hydrogen-bond acceptors (Lipinski definition) is 6. The molecule has 1 aliphatic carbocycles. The summed E-state index contributed by atoms with van der Waals surface area (Å²) in [5.74, 6) is 0.624. The van der Waals surface area contributed by atoms with Crippen molar-refractivity contribution in [3.05, 3.63) is 64.8 Å². The molecule has 2 N–H and O–H groups in total. The van der Waals surface area contributed by atoms with Crippen LogP contribution in [0.1, 0.15) is 56.3 Å². The van der Waals surface area contributed by atoms with Crippen LogP contribution in [0.25, 0.3) is 10.9 Å². The number of amides is 1. The van der Waals surface area contributed by atoms with Crippen molar-refractivity contribution >= 4 is 28.4 Å². The van der Waals surface area contributed by atoms with Gasteiger partial charge in [0, 0.05) is 22.9 Å². The topological polar surface area (TPSA) is 80.7 Å². The summed E-state index contributed by atoms with van der Waals surface area (Å²) in [6.07, 6.45) is 5.19. The number of pyridine rings is 1. The second-order valence-electron chi connectivity index (χ2n) is 9.75. The second kappa shape index (κ2) is 9.74. The number of ether oxygens (including phenoxy) is 1. The highest BCUT2D eigenvalue weighted by Crippen LogP contribution is 2.47. The Balaban J connectivity index is 1.49. The van der Waals surface area contributed by atoms with Crippen LogP contribution in [0.15, 0.2) is 48.5 Å². The van der Waals surface area contributed by atoms with E-state index in [0.29, 0.717) is 22.1 Å². The summed E-state index contributed by atoms with van der Waals surface area (Å²) in [7, 11) is 1.55. The Bertz CT molecular complexity index is 1240. The van der Waals surface area contributed by atoms with E-state index in [-0.39, 0.29) is 18.4 Å². The van der Waals surface area contributed by atoms with Crippen LogP contribution in [0.3, 0.4) is 0 Å². The molecule has 0 radical (unpaired) electrons. The fraction of sp³-hybridized carbons (Fsp3) is 0.407. The number of halogens is 1. The van der Waals surface area contributed by atoms with Gasteiger partial charge in [-0.15, -0.1) is 10.1 Å². The van der Waals surface area contributed by atoms with Gasteiger partial charge in [0.2, 0.25) is 0 Å². The number of quaternary nitrogens is 1. The summed E-state index contributed by atoms with van der Waals surface area (Å²) >= 11 is 6.80. The predicted molar refractivity (Wildman–Crippen MR) is 133 cm³/mol. The van der Waals surface area contributed by atoms with Gasteiger partial charge >= 0.3 is 5.91 Å². The van der Waals surface area contributed by atoms with E-state index in [2.05, 4.69) is 10.5 Å². The summed E-state index contributed by atoms with van der Waals surface area (Å²) in [6, 6.07) is 14.2. The molecule has 1 aromatic heterocycles.